The number of hydrogen-bond acceptors (Lipinski definition) is 2. The molecule has 1 aliphatic rings. The summed E-state index contributed by atoms with van der Waals surface area (Å²) in [4.78, 5) is 11.5. The molecular weight excluding hydrogens is 383 g/mol. The number of carbonyl (C=O) groups is 1. The van der Waals surface area contributed by atoms with Crippen LogP contribution >= 0.6 is 23.2 Å². The van der Waals surface area contributed by atoms with Gasteiger partial charge in [-0.2, -0.15) is 0 Å². The fourth-order valence-electron chi connectivity index (χ4n) is 3.50. The van der Waals surface area contributed by atoms with Gasteiger partial charge >= 0.3 is 5.97 Å². The molecule has 4 rings (SSSR count). The van der Waals surface area contributed by atoms with E-state index >= 15 is 0 Å². The fourth-order valence-corrected chi connectivity index (χ4v) is 3.95. The van der Waals surface area contributed by atoms with Crippen molar-refractivity contribution in [1.82, 2.24) is 0 Å². The Morgan fingerprint density at radius 3 is 2.63 bits per heavy atom. The summed E-state index contributed by atoms with van der Waals surface area (Å²) in [7, 11) is 0. The summed E-state index contributed by atoms with van der Waals surface area (Å²) in [6.45, 7) is 0. The van der Waals surface area contributed by atoms with E-state index in [0.717, 1.165) is 24.0 Å². The molecule has 1 unspecified atom stereocenters. The van der Waals surface area contributed by atoms with E-state index in [-0.39, 0.29) is 11.7 Å². The van der Waals surface area contributed by atoms with Gasteiger partial charge in [0.1, 0.15) is 11.9 Å². The highest BCUT2D eigenvalue weighted by atomic mass is 35.5. The summed E-state index contributed by atoms with van der Waals surface area (Å²) in [5.41, 5.74) is 4.13. The molecule has 0 heterocycles. The highest BCUT2D eigenvalue weighted by Gasteiger charge is 2.26. The zero-order valence-corrected chi connectivity index (χ0v) is 15.8. The minimum Gasteiger partial charge on any atom is -0.484 e. The monoisotopic (exact) mass is 398 g/mol. The minimum atomic E-state index is -0.938. The summed E-state index contributed by atoms with van der Waals surface area (Å²) in [6.07, 6.45) is 1.63. The third-order valence-electron chi connectivity index (χ3n) is 4.80. The minimum absolute atomic E-state index is 0.129. The highest BCUT2D eigenvalue weighted by Crippen LogP contribution is 2.40. The van der Waals surface area contributed by atoms with Gasteiger partial charge in [0, 0.05) is 5.02 Å². The quantitative estimate of drug-likeness (QED) is 0.550. The molecule has 0 spiro atoms. The van der Waals surface area contributed by atoms with Crippen LogP contribution in [0.3, 0.4) is 0 Å². The van der Waals surface area contributed by atoms with Crippen molar-refractivity contribution in [1.29, 1.82) is 0 Å². The van der Waals surface area contributed by atoms with Crippen molar-refractivity contribution in [2.24, 2.45) is 0 Å². The highest BCUT2D eigenvalue weighted by molar-refractivity contribution is 6.35. The summed E-state index contributed by atoms with van der Waals surface area (Å²) in [5.74, 6) is -0.345. The molecule has 3 nitrogen and oxygen atoms in total. The molecule has 3 aromatic carbocycles. The lowest BCUT2D eigenvalue weighted by molar-refractivity contribution is 0.0697. The number of carboxylic acids is 1. The first-order valence-electron chi connectivity index (χ1n) is 8.60. The number of hydrogen-bond donors (Lipinski definition) is 1. The molecule has 1 N–H and O–H groups in total. The SMILES string of the molecule is O=C(O)c1ccccc1-c1ccc2c(c1)C(Oc1ccc(Cl)cc1Cl)CC2. The van der Waals surface area contributed by atoms with Crippen molar-refractivity contribution < 1.29 is 14.6 Å². The Morgan fingerprint density at radius 1 is 1.04 bits per heavy atom. The number of halogens is 2. The number of fused-ring (bicyclic) bond motifs is 1. The molecule has 3 aromatic rings. The van der Waals surface area contributed by atoms with E-state index in [1.807, 2.05) is 24.3 Å². The number of aryl methyl sites for hydroxylation is 1. The van der Waals surface area contributed by atoms with Crippen molar-refractivity contribution in [3.63, 3.8) is 0 Å². The van der Waals surface area contributed by atoms with Gasteiger partial charge in [-0.15, -0.1) is 0 Å². The van der Waals surface area contributed by atoms with Crippen molar-refractivity contribution in [2.45, 2.75) is 18.9 Å². The third-order valence-corrected chi connectivity index (χ3v) is 5.33. The normalized spacial score (nSPS) is 15.4. The number of benzene rings is 3. The number of ether oxygens (including phenoxy) is 1. The van der Waals surface area contributed by atoms with Gasteiger partial charge in [0.05, 0.1) is 10.6 Å². The van der Waals surface area contributed by atoms with Gasteiger partial charge in [0.15, 0.2) is 0 Å². The maximum atomic E-state index is 11.5. The number of aromatic carboxylic acids is 1. The molecule has 0 aromatic heterocycles. The van der Waals surface area contributed by atoms with Gasteiger partial charge in [-0.3, -0.25) is 0 Å². The lowest BCUT2D eigenvalue weighted by Crippen LogP contribution is -2.04. The lowest BCUT2D eigenvalue weighted by Gasteiger charge is -2.17. The van der Waals surface area contributed by atoms with Crippen LogP contribution in [0.4, 0.5) is 0 Å². The van der Waals surface area contributed by atoms with Crippen LogP contribution in [0.1, 0.15) is 34.0 Å². The van der Waals surface area contributed by atoms with Gasteiger partial charge in [-0.05, 0) is 65.4 Å². The van der Waals surface area contributed by atoms with E-state index in [1.165, 1.54) is 5.56 Å². The van der Waals surface area contributed by atoms with Gasteiger partial charge < -0.3 is 9.84 Å². The molecule has 0 saturated carbocycles. The topological polar surface area (TPSA) is 46.5 Å². The van der Waals surface area contributed by atoms with E-state index in [4.69, 9.17) is 27.9 Å². The van der Waals surface area contributed by atoms with Crippen LogP contribution in [0.25, 0.3) is 11.1 Å². The van der Waals surface area contributed by atoms with Crippen LogP contribution in [0.2, 0.25) is 10.0 Å². The van der Waals surface area contributed by atoms with Crippen LogP contribution < -0.4 is 4.74 Å². The molecule has 0 radical (unpaired) electrons. The summed E-state index contributed by atoms with van der Waals surface area (Å²) in [5, 5.41) is 10.5. The standard InChI is InChI=1S/C22H16Cl2O3/c23-15-8-10-21(19(24)12-15)27-20-9-7-13-5-6-14(11-18(13)20)16-3-1-2-4-17(16)22(25)26/h1-6,8,10-12,20H,7,9H2,(H,25,26). The maximum absolute atomic E-state index is 11.5. The van der Waals surface area contributed by atoms with Gasteiger partial charge in [0.25, 0.3) is 0 Å². The second kappa shape index (κ2) is 7.26. The average Bonchev–Trinajstić information content (AvgIpc) is 3.06. The van der Waals surface area contributed by atoms with Gasteiger partial charge in [-0.25, -0.2) is 4.79 Å². The average molecular weight is 399 g/mol. The number of carboxylic acid groups (broad SMARTS) is 1. The van der Waals surface area contributed by atoms with Crippen molar-refractivity contribution in [3.05, 3.63) is 87.4 Å². The summed E-state index contributed by atoms with van der Waals surface area (Å²) < 4.78 is 6.15. The van der Waals surface area contributed by atoms with E-state index in [9.17, 15) is 9.90 Å². The fraction of sp³-hybridized carbons (Fsp3) is 0.136. The summed E-state index contributed by atoms with van der Waals surface area (Å²) in [6, 6.07) is 18.2. The Hall–Kier alpha value is -2.49. The third kappa shape index (κ3) is 3.53. The Balaban J connectivity index is 1.70. The lowest BCUT2D eigenvalue weighted by atomic mass is 9.96. The smallest absolute Gasteiger partial charge is 0.336 e. The zero-order chi connectivity index (χ0) is 19.0. The zero-order valence-electron chi connectivity index (χ0n) is 14.3. The van der Waals surface area contributed by atoms with Crippen LogP contribution in [0.15, 0.2) is 60.7 Å². The predicted octanol–water partition coefficient (Wildman–Crippen LogP) is 6.42. The van der Waals surface area contributed by atoms with Crippen LogP contribution in [0.5, 0.6) is 5.75 Å². The molecule has 136 valence electrons. The molecule has 0 amide bonds. The molecular formula is C22H16Cl2O3. The Morgan fingerprint density at radius 2 is 1.85 bits per heavy atom. The molecule has 0 fully saturated rings. The summed E-state index contributed by atoms with van der Waals surface area (Å²) >= 11 is 12.2. The number of rotatable bonds is 4. The molecule has 0 saturated heterocycles. The van der Waals surface area contributed by atoms with Crippen molar-refractivity contribution in [2.75, 3.05) is 0 Å². The Labute approximate surface area is 167 Å². The maximum Gasteiger partial charge on any atom is 0.336 e. The first-order valence-corrected chi connectivity index (χ1v) is 9.36. The Bertz CT molecular complexity index is 1030. The van der Waals surface area contributed by atoms with Crippen LogP contribution in [0, 0.1) is 0 Å². The second-order valence-corrected chi connectivity index (χ2v) is 7.33. The molecule has 1 aliphatic carbocycles. The van der Waals surface area contributed by atoms with Gasteiger partial charge in [0.2, 0.25) is 0 Å². The van der Waals surface area contributed by atoms with E-state index in [0.29, 0.717) is 21.4 Å². The molecule has 1 atom stereocenters. The van der Waals surface area contributed by atoms with E-state index in [2.05, 4.69) is 6.07 Å². The second-order valence-electron chi connectivity index (χ2n) is 6.48. The van der Waals surface area contributed by atoms with E-state index < -0.39 is 5.97 Å². The van der Waals surface area contributed by atoms with Gasteiger partial charge in [-0.1, -0.05) is 53.5 Å². The van der Waals surface area contributed by atoms with Crippen LogP contribution in [-0.2, 0) is 6.42 Å². The molecule has 0 bridgehead atoms. The molecule has 0 aliphatic heterocycles. The predicted molar refractivity (Wildman–Crippen MR) is 107 cm³/mol. The molecule has 27 heavy (non-hydrogen) atoms. The largest absolute Gasteiger partial charge is 0.484 e. The van der Waals surface area contributed by atoms with Crippen LogP contribution in [-0.4, -0.2) is 11.1 Å². The first kappa shape index (κ1) is 17.9. The van der Waals surface area contributed by atoms with Crippen molar-refractivity contribution >= 4 is 29.2 Å². The van der Waals surface area contributed by atoms with E-state index in [1.54, 1.807) is 30.3 Å². The Kier molecular flexibility index (Phi) is 4.81. The molecule has 5 heteroatoms. The first-order chi connectivity index (χ1) is 13.0. The van der Waals surface area contributed by atoms with Crippen molar-refractivity contribution in [3.8, 4) is 16.9 Å².